The molecular weight excluding hydrogens is 402 g/mol. The lowest BCUT2D eigenvalue weighted by Crippen LogP contribution is -2.54. The molecule has 2 amide bonds. The Bertz CT molecular complexity index is 730. The average Bonchev–Trinajstić information content (AvgIpc) is 3.27. The van der Waals surface area contributed by atoms with E-state index in [9.17, 15) is 9.59 Å². The summed E-state index contributed by atoms with van der Waals surface area (Å²) in [6.45, 7) is 3.16. The van der Waals surface area contributed by atoms with Crippen molar-refractivity contribution in [2.45, 2.75) is 56.4 Å². The zero-order valence-corrected chi connectivity index (χ0v) is 18.6. The van der Waals surface area contributed by atoms with Crippen LogP contribution in [0.25, 0.3) is 0 Å². The standard InChI is InChI=1S/C23H33N3O3.ClH/c1-29-19-9-7-18(8-10-19)23(11-4-12-23)22(28)26-14-3-5-17(16-26)15-25-21(27)20-6-2-13-24-20;/h7-10,17,20,24H,2-6,11-16H2,1H3,(H,25,27);1H. The van der Waals surface area contributed by atoms with Crippen molar-refractivity contribution in [2.24, 2.45) is 5.92 Å². The number of ether oxygens (including phenoxy) is 1. The van der Waals surface area contributed by atoms with Crippen LogP contribution in [0.15, 0.2) is 24.3 Å². The predicted octanol–water partition coefficient (Wildman–Crippen LogP) is 2.65. The Morgan fingerprint density at radius 1 is 1.17 bits per heavy atom. The van der Waals surface area contributed by atoms with Crippen molar-refractivity contribution in [3.8, 4) is 5.75 Å². The maximum atomic E-state index is 13.5. The molecule has 0 radical (unpaired) electrons. The van der Waals surface area contributed by atoms with E-state index in [1.165, 1.54) is 0 Å². The zero-order valence-electron chi connectivity index (χ0n) is 17.8. The second-order valence-corrected chi connectivity index (χ2v) is 8.82. The van der Waals surface area contributed by atoms with Crippen molar-refractivity contribution < 1.29 is 14.3 Å². The lowest BCUT2D eigenvalue weighted by molar-refractivity contribution is -0.142. The van der Waals surface area contributed by atoms with Crippen LogP contribution in [0.2, 0.25) is 0 Å². The summed E-state index contributed by atoms with van der Waals surface area (Å²) in [5.41, 5.74) is 0.739. The molecule has 4 rings (SSSR count). The van der Waals surface area contributed by atoms with Gasteiger partial charge in [-0.2, -0.15) is 0 Å². The van der Waals surface area contributed by atoms with Gasteiger partial charge >= 0.3 is 0 Å². The first-order valence-electron chi connectivity index (χ1n) is 11.1. The first-order valence-corrected chi connectivity index (χ1v) is 11.1. The summed E-state index contributed by atoms with van der Waals surface area (Å²) in [6, 6.07) is 7.96. The van der Waals surface area contributed by atoms with Gasteiger partial charge in [0, 0.05) is 19.6 Å². The molecule has 2 saturated heterocycles. The summed E-state index contributed by atoms with van der Waals surface area (Å²) >= 11 is 0. The molecule has 6 nitrogen and oxygen atoms in total. The van der Waals surface area contributed by atoms with Gasteiger partial charge in [-0.3, -0.25) is 9.59 Å². The summed E-state index contributed by atoms with van der Waals surface area (Å²) in [7, 11) is 1.66. The fourth-order valence-electron chi connectivity index (χ4n) is 5.06. The van der Waals surface area contributed by atoms with Gasteiger partial charge in [-0.05, 0) is 68.7 Å². The summed E-state index contributed by atoms with van der Waals surface area (Å²) in [5.74, 6) is 1.54. The highest BCUT2D eigenvalue weighted by Gasteiger charge is 2.48. The number of nitrogens with one attached hydrogen (secondary N) is 2. The molecule has 30 heavy (non-hydrogen) atoms. The van der Waals surface area contributed by atoms with Crippen LogP contribution in [-0.4, -0.2) is 56.0 Å². The van der Waals surface area contributed by atoms with E-state index in [0.29, 0.717) is 12.5 Å². The van der Waals surface area contributed by atoms with Crippen molar-refractivity contribution in [2.75, 3.05) is 33.3 Å². The van der Waals surface area contributed by atoms with Crippen molar-refractivity contribution >= 4 is 24.2 Å². The molecule has 1 saturated carbocycles. The lowest BCUT2D eigenvalue weighted by atomic mass is 9.63. The van der Waals surface area contributed by atoms with Crippen LogP contribution in [0.4, 0.5) is 0 Å². The third kappa shape index (κ3) is 4.59. The molecule has 7 heteroatoms. The average molecular weight is 436 g/mol. The molecule has 2 atom stereocenters. The zero-order chi connectivity index (χ0) is 20.3. The second kappa shape index (κ2) is 10.0. The predicted molar refractivity (Wildman–Crippen MR) is 119 cm³/mol. The number of hydrogen-bond acceptors (Lipinski definition) is 4. The molecule has 0 spiro atoms. The smallest absolute Gasteiger partial charge is 0.237 e. The fourth-order valence-corrected chi connectivity index (χ4v) is 5.06. The van der Waals surface area contributed by atoms with Gasteiger partial charge in [0.05, 0.1) is 18.6 Å². The Labute approximate surface area is 185 Å². The molecule has 3 aliphatic rings. The monoisotopic (exact) mass is 435 g/mol. The molecule has 3 fully saturated rings. The molecule has 2 unspecified atom stereocenters. The van der Waals surface area contributed by atoms with Gasteiger partial charge in [0.15, 0.2) is 0 Å². The fraction of sp³-hybridized carbons (Fsp3) is 0.652. The van der Waals surface area contributed by atoms with Crippen molar-refractivity contribution in [1.29, 1.82) is 0 Å². The minimum atomic E-state index is -0.370. The molecule has 1 aromatic rings. The molecule has 1 aliphatic carbocycles. The van der Waals surface area contributed by atoms with E-state index in [1.54, 1.807) is 7.11 Å². The van der Waals surface area contributed by atoms with E-state index in [-0.39, 0.29) is 35.7 Å². The molecule has 0 aromatic heterocycles. The van der Waals surface area contributed by atoms with E-state index in [4.69, 9.17) is 4.74 Å². The van der Waals surface area contributed by atoms with E-state index < -0.39 is 0 Å². The van der Waals surface area contributed by atoms with Crippen LogP contribution in [0, 0.1) is 5.92 Å². The van der Waals surface area contributed by atoms with Crippen molar-refractivity contribution in [3.05, 3.63) is 29.8 Å². The van der Waals surface area contributed by atoms with Crippen LogP contribution < -0.4 is 15.4 Å². The SMILES string of the molecule is COc1ccc(C2(C(=O)N3CCCC(CNC(=O)C4CCCN4)C3)CCC2)cc1.Cl. The van der Waals surface area contributed by atoms with Gasteiger partial charge in [0.2, 0.25) is 11.8 Å². The van der Waals surface area contributed by atoms with Crippen molar-refractivity contribution in [3.63, 3.8) is 0 Å². The van der Waals surface area contributed by atoms with Crippen LogP contribution in [0.5, 0.6) is 5.75 Å². The number of benzene rings is 1. The number of carbonyl (C=O) groups is 2. The normalized spacial score (nSPS) is 25.0. The minimum Gasteiger partial charge on any atom is -0.497 e. The van der Waals surface area contributed by atoms with Crippen LogP contribution in [-0.2, 0) is 15.0 Å². The number of amides is 2. The lowest BCUT2D eigenvalue weighted by Gasteiger charge is -2.46. The van der Waals surface area contributed by atoms with Crippen LogP contribution in [0.1, 0.15) is 50.5 Å². The number of halogens is 1. The first kappa shape index (κ1) is 22.9. The number of hydrogen-bond donors (Lipinski definition) is 2. The second-order valence-electron chi connectivity index (χ2n) is 8.82. The summed E-state index contributed by atoms with van der Waals surface area (Å²) in [4.78, 5) is 27.9. The van der Waals surface area contributed by atoms with E-state index in [0.717, 1.165) is 75.9 Å². The largest absolute Gasteiger partial charge is 0.497 e. The number of methoxy groups -OCH3 is 1. The molecule has 166 valence electrons. The van der Waals surface area contributed by atoms with Gasteiger partial charge in [-0.25, -0.2) is 0 Å². The molecule has 2 N–H and O–H groups in total. The Kier molecular flexibility index (Phi) is 7.64. The first-order chi connectivity index (χ1) is 14.1. The van der Waals surface area contributed by atoms with Crippen LogP contribution >= 0.6 is 12.4 Å². The third-order valence-corrected chi connectivity index (χ3v) is 7.01. The van der Waals surface area contributed by atoms with E-state index >= 15 is 0 Å². The molecule has 1 aromatic carbocycles. The Balaban J connectivity index is 0.00000256. The molecule has 2 heterocycles. The van der Waals surface area contributed by atoms with Gasteiger partial charge in [0.1, 0.15) is 5.75 Å². The third-order valence-electron chi connectivity index (χ3n) is 7.01. The maximum Gasteiger partial charge on any atom is 0.237 e. The van der Waals surface area contributed by atoms with E-state index in [1.807, 2.05) is 24.3 Å². The maximum absolute atomic E-state index is 13.5. The molecule has 2 aliphatic heterocycles. The summed E-state index contributed by atoms with van der Waals surface area (Å²) < 4.78 is 5.27. The van der Waals surface area contributed by atoms with Crippen molar-refractivity contribution in [1.82, 2.24) is 15.5 Å². The Morgan fingerprint density at radius 3 is 2.53 bits per heavy atom. The van der Waals surface area contributed by atoms with Gasteiger partial charge in [-0.1, -0.05) is 18.6 Å². The highest BCUT2D eigenvalue weighted by molar-refractivity contribution is 5.89. The quantitative estimate of drug-likeness (QED) is 0.720. The highest BCUT2D eigenvalue weighted by Crippen LogP contribution is 2.46. The minimum absolute atomic E-state index is 0. The number of likely N-dealkylation sites (tertiary alicyclic amines) is 1. The topological polar surface area (TPSA) is 70.7 Å². The van der Waals surface area contributed by atoms with E-state index in [2.05, 4.69) is 15.5 Å². The summed E-state index contributed by atoms with van der Waals surface area (Å²) in [6.07, 6.45) is 7.00. The van der Waals surface area contributed by atoms with Gasteiger partial charge in [-0.15, -0.1) is 12.4 Å². The molecular formula is C23H34ClN3O3. The summed E-state index contributed by atoms with van der Waals surface area (Å²) in [5, 5.41) is 6.36. The number of nitrogens with zero attached hydrogens (tertiary/aromatic N) is 1. The Hall–Kier alpha value is -1.79. The number of piperidine rings is 1. The number of carbonyl (C=O) groups excluding carboxylic acids is 2. The van der Waals surface area contributed by atoms with Crippen LogP contribution in [0.3, 0.4) is 0 Å². The highest BCUT2D eigenvalue weighted by atomic mass is 35.5. The van der Waals surface area contributed by atoms with Gasteiger partial charge < -0.3 is 20.3 Å². The Morgan fingerprint density at radius 2 is 1.93 bits per heavy atom. The molecule has 0 bridgehead atoms. The van der Waals surface area contributed by atoms with Gasteiger partial charge in [0.25, 0.3) is 0 Å². The number of rotatable bonds is 6.